The number of piperidine rings is 1. The van der Waals surface area contributed by atoms with Crippen molar-refractivity contribution in [2.45, 2.75) is 61.2 Å². The summed E-state index contributed by atoms with van der Waals surface area (Å²) in [4.78, 5) is 7.64. The first-order valence-corrected chi connectivity index (χ1v) is 13.7. The molecule has 0 radical (unpaired) electrons. The first kappa shape index (κ1) is 21.8. The summed E-state index contributed by atoms with van der Waals surface area (Å²) in [5, 5.41) is 0. The molecule has 1 aliphatic carbocycles. The van der Waals surface area contributed by atoms with Crippen molar-refractivity contribution in [2.24, 2.45) is 0 Å². The summed E-state index contributed by atoms with van der Waals surface area (Å²) in [5.74, 6) is 1.85. The van der Waals surface area contributed by atoms with Crippen LogP contribution in [0.2, 0.25) is 0 Å². The molecule has 3 heterocycles. The van der Waals surface area contributed by atoms with E-state index in [1.807, 2.05) is 12.1 Å². The molecule has 0 unspecified atom stereocenters. The number of rotatable bonds is 7. The lowest BCUT2D eigenvalue weighted by Gasteiger charge is -2.32. The molecule has 32 heavy (non-hydrogen) atoms. The van der Waals surface area contributed by atoms with Crippen LogP contribution >= 0.6 is 11.3 Å². The van der Waals surface area contributed by atoms with Crippen LogP contribution in [0.25, 0.3) is 10.6 Å². The van der Waals surface area contributed by atoms with E-state index in [1.165, 1.54) is 29.7 Å². The van der Waals surface area contributed by atoms with Crippen molar-refractivity contribution < 1.29 is 12.8 Å². The average Bonchev–Trinajstić information content (AvgIpc) is 3.56. The molecular formula is C24H29N3O3S2. The molecule has 170 valence electrons. The Hall–Kier alpha value is -2.00. The highest BCUT2D eigenvalue weighted by Gasteiger charge is 2.27. The molecule has 0 atom stereocenters. The Kier molecular flexibility index (Phi) is 6.46. The van der Waals surface area contributed by atoms with Gasteiger partial charge in [-0.1, -0.05) is 43.2 Å². The molecule has 3 aromatic rings. The fourth-order valence-corrected chi connectivity index (χ4v) is 7.26. The molecule has 0 spiro atoms. The number of sulfonamides is 1. The number of likely N-dealkylation sites (tertiary alicyclic amines) is 1. The van der Waals surface area contributed by atoms with Crippen LogP contribution in [0.15, 0.2) is 57.3 Å². The number of nitrogens with one attached hydrogen (secondary N) is 1. The second kappa shape index (κ2) is 9.47. The van der Waals surface area contributed by atoms with Gasteiger partial charge < -0.3 is 4.42 Å². The maximum Gasteiger partial charge on any atom is 0.250 e. The minimum absolute atomic E-state index is 0.0307. The quantitative estimate of drug-likeness (QED) is 0.525. The van der Waals surface area contributed by atoms with Crippen LogP contribution in [0, 0.1) is 0 Å². The van der Waals surface area contributed by atoms with Gasteiger partial charge in [-0.2, -0.15) is 0 Å². The van der Waals surface area contributed by atoms with E-state index in [4.69, 9.17) is 4.42 Å². The lowest BCUT2D eigenvalue weighted by Crippen LogP contribution is -2.44. The smallest absolute Gasteiger partial charge is 0.250 e. The van der Waals surface area contributed by atoms with E-state index in [0.29, 0.717) is 15.9 Å². The van der Waals surface area contributed by atoms with Gasteiger partial charge in [0, 0.05) is 31.6 Å². The first-order valence-electron chi connectivity index (χ1n) is 11.4. The monoisotopic (exact) mass is 471 g/mol. The summed E-state index contributed by atoms with van der Waals surface area (Å²) in [5.41, 5.74) is 1.29. The van der Waals surface area contributed by atoms with Gasteiger partial charge in [0.15, 0.2) is 11.7 Å². The number of oxazole rings is 1. The Morgan fingerprint density at radius 1 is 1.03 bits per heavy atom. The molecule has 0 bridgehead atoms. The SMILES string of the molecule is O=S(=O)(NC1CCN(Cc2ccccc2)CC1)c1ccc(-c2cnc(C3CCCC3)o2)s1. The van der Waals surface area contributed by atoms with Crippen LogP contribution in [0.4, 0.5) is 0 Å². The van der Waals surface area contributed by atoms with Crippen LogP contribution < -0.4 is 4.72 Å². The van der Waals surface area contributed by atoms with E-state index in [1.54, 1.807) is 12.3 Å². The molecule has 1 saturated heterocycles. The average molecular weight is 472 g/mol. The van der Waals surface area contributed by atoms with Crippen LogP contribution in [0.1, 0.15) is 55.9 Å². The third-order valence-corrected chi connectivity index (χ3v) is 9.59. The molecule has 1 N–H and O–H groups in total. The topological polar surface area (TPSA) is 75.4 Å². The zero-order chi connectivity index (χ0) is 22.0. The molecule has 1 saturated carbocycles. The van der Waals surface area contributed by atoms with Crippen molar-refractivity contribution in [3.8, 4) is 10.6 Å². The third-order valence-electron chi connectivity index (χ3n) is 6.48. The molecular weight excluding hydrogens is 442 g/mol. The minimum Gasteiger partial charge on any atom is -0.440 e. The first-order chi connectivity index (χ1) is 15.6. The van der Waals surface area contributed by atoms with E-state index < -0.39 is 10.0 Å². The molecule has 6 nitrogen and oxygen atoms in total. The summed E-state index contributed by atoms with van der Waals surface area (Å²) >= 11 is 1.25. The number of hydrogen-bond acceptors (Lipinski definition) is 6. The van der Waals surface area contributed by atoms with E-state index >= 15 is 0 Å². The highest BCUT2D eigenvalue weighted by atomic mass is 32.2. The predicted octanol–water partition coefficient (Wildman–Crippen LogP) is 5.00. The van der Waals surface area contributed by atoms with Crippen molar-refractivity contribution in [3.63, 3.8) is 0 Å². The van der Waals surface area contributed by atoms with Gasteiger partial charge in [-0.3, -0.25) is 4.90 Å². The fraction of sp³-hybridized carbons (Fsp3) is 0.458. The van der Waals surface area contributed by atoms with Crippen molar-refractivity contribution in [1.82, 2.24) is 14.6 Å². The van der Waals surface area contributed by atoms with Crippen molar-refractivity contribution in [2.75, 3.05) is 13.1 Å². The van der Waals surface area contributed by atoms with Crippen LogP contribution in [0.3, 0.4) is 0 Å². The lowest BCUT2D eigenvalue weighted by molar-refractivity contribution is 0.200. The van der Waals surface area contributed by atoms with Gasteiger partial charge in [-0.15, -0.1) is 11.3 Å². The maximum atomic E-state index is 13.0. The minimum atomic E-state index is -3.54. The lowest BCUT2D eigenvalue weighted by atomic mass is 10.1. The van der Waals surface area contributed by atoms with Crippen molar-refractivity contribution in [3.05, 3.63) is 60.1 Å². The molecule has 0 amide bonds. The number of thiophene rings is 1. The van der Waals surface area contributed by atoms with Gasteiger partial charge >= 0.3 is 0 Å². The largest absolute Gasteiger partial charge is 0.440 e. The van der Waals surface area contributed by atoms with Gasteiger partial charge in [0.1, 0.15) is 4.21 Å². The summed E-state index contributed by atoms with van der Waals surface area (Å²) in [6.45, 7) is 2.69. The number of benzene rings is 1. The van der Waals surface area contributed by atoms with Gasteiger partial charge in [-0.25, -0.2) is 18.1 Å². The van der Waals surface area contributed by atoms with Crippen LogP contribution in [-0.4, -0.2) is 37.4 Å². The van der Waals surface area contributed by atoms with Gasteiger partial charge in [-0.05, 0) is 43.4 Å². The highest BCUT2D eigenvalue weighted by Crippen LogP contribution is 2.37. The molecule has 2 fully saturated rings. The Morgan fingerprint density at radius 3 is 2.53 bits per heavy atom. The Balaban J connectivity index is 1.18. The van der Waals surface area contributed by atoms with Gasteiger partial charge in [0.25, 0.3) is 0 Å². The van der Waals surface area contributed by atoms with Crippen LogP contribution in [0.5, 0.6) is 0 Å². The van der Waals surface area contributed by atoms with Crippen molar-refractivity contribution >= 4 is 21.4 Å². The fourth-order valence-electron chi connectivity index (χ4n) is 4.69. The van der Waals surface area contributed by atoms with Gasteiger partial charge in [0.2, 0.25) is 10.0 Å². The normalized spacial score (nSPS) is 19.0. The summed E-state index contributed by atoms with van der Waals surface area (Å²) in [6.07, 6.45) is 8.05. The molecule has 2 aromatic heterocycles. The summed E-state index contributed by atoms with van der Waals surface area (Å²) < 4.78 is 35.2. The summed E-state index contributed by atoms with van der Waals surface area (Å²) in [7, 11) is -3.54. The molecule has 8 heteroatoms. The Morgan fingerprint density at radius 2 is 1.78 bits per heavy atom. The number of nitrogens with zero attached hydrogens (tertiary/aromatic N) is 2. The van der Waals surface area contributed by atoms with Crippen LogP contribution in [-0.2, 0) is 16.6 Å². The Labute approximate surface area is 193 Å². The number of hydrogen-bond donors (Lipinski definition) is 1. The Bertz CT molecular complexity index is 1130. The molecule has 1 aliphatic heterocycles. The number of aromatic nitrogens is 1. The molecule has 1 aromatic carbocycles. The zero-order valence-electron chi connectivity index (χ0n) is 18.1. The summed E-state index contributed by atoms with van der Waals surface area (Å²) in [6, 6.07) is 13.9. The third kappa shape index (κ3) is 4.98. The second-order valence-corrected chi connectivity index (χ2v) is 11.8. The highest BCUT2D eigenvalue weighted by molar-refractivity contribution is 7.91. The second-order valence-electron chi connectivity index (χ2n) is 8.82. The van der Waals surface area contributed by atoms with Gasteiger partial charge in [0.05, 0.1) is 11.1 Å². The van der Waals surface area contributed by atoms with Crippen molar-refractivity contribution in [1.29, 1.82) is 0 Å². The van der Waals surface area contributed by atoms with E-state index in [-0.39, 0.29) is 6.04 Å². The zero-order valence-corrected chi connectivity index (χ0v) is 19.7. The molecule has 2 aliphatic rings. The van der Waals surface area contributed by atoms with E-state index in [2.05, 4.69) is 38.9 Å². The maximum absolute atomic E-state index is 13.0. The van der Waals surface area contributed by atoms with E-state index in [0.717, 1.165) is 56.1 Å². The van der Waals surface area contributed by atoms with E-state index in [9.17, 15) is 8.42 Å². The predicted molar refractivity (Wildman–Crippen MR) is 126 cm³/mol. The standard InChI is InChI=1S/C24H29N3O3S2/c28-32(29,26-20-12-14-27(15-13-20)17-18-6-2-1-3-7-18)23-11-10-22(31-23)21-16-25-24(30-21)19-8-4-5-9-19/h1-3,6-7,10-11,16,19-20,26H,4-5,8-9,12-15,17H2. The molecule has 5 rings (SSSR count).